The molecule has 1 N–H and O–H groups in total. The van der Waals surface area contributed by atoms with Crippen LogP contribution in [0.5, 0.6) is 0 Å². The summed E-state index contributed by atoms with van der Waals surface area (Å²) < 4.78 is 28.3. The van der Waals surface area contributed by atoms with Crippen molar-refractivity contribution in [2.75, 3.05) is 4.72 Å². The highest BCUT2D eigenvalue weighted by atomic mass is 35.5. The molecule has 142 valence electrons. The maximum absolute atomic E-state index is 12.8. The Bertz CT molecular complexity index is 1270. The molecule has 2 aromatic heterocycles. The average molecular weight is 450 g/mol. The first kappa shape index (κ1) is 19.1. The number of nitrogens with one attached hydrogen (secondary N) is 1. The molecule has 4 aromatic rings. The lowest BCUT2D eigenvalue weighted by Crippen LogP contribution is -2.14. The van der Waals surface area contributed by atoms with Gasteiger partial charge in [0.25, 0.3) is 10.0 Å². The van der Waals surface area contributed by atoms with E-state index in [2.05, 4.69) is 14.7 Å². The standard InChI is InChI=1S/C19H13Cl2N3O2S2/c1-11-13(18-23-16-6-3-9-22-19(16)27-18)4-2-5-15(11)24-28(25,26)17-10-12(20)7-8-14(17)21/h2-10,24H,1H3. The summed E-state index contributed by atoms with van der Waals surface area (Å²) in [6, 6.07) is 13.4. The van der Waals surface area contributed by atoms with Crippen LogP contribution in [0, 0.1) is 6.92 Å². The number of thiazole rings is 1. The third-order valence-corrected chi connectivity index (χ3v) is 7.25. The number of sulfonamides is 1. The summed E-state index contributed by atoms with van der Waals surface area (Å²) in [6.45, 7) is 1.84. The van der Waals surface area contributed by atoms with Crippen LogP contribution >= 0.6 is 34.5 Å². The summed E-state index contributed by atoms with van der Waals surface area (Å²) in [5.41, 5.74) is 2.84. The van der Waals surface area contributed by atoms with Crippen LogP contribution < -0.4 is 4.72 Å². The molecule has 4 rings (SSSR count). The van der Waals surface area contributed by atoms with Crippen LogP contribution in [0.15, 0.2) is 59.6 Å². The van der Waals surface area contributed by atoms with Crippen molar-refractivity contribution in [2.24, 2.45) is 0 Å². The van der Waals surface area contributed by atoms with E-state index in [1.165, 1.54) is 29.5 Å². The Kier molecular flexibility index (Phi) is 5.01. The van der Waals surface area contributed by atoms with Crippen molar-refractivity contribution in [3.05, 3.63) is 70.3 Å². The van der Waals surface area contributed by atoms with Crippen LogP contribution in [0.25, 0.3) is 20.9 Å². The number of anilines is 1. The van der Waals surface area contributed by atoms with E-state index in [1.807, 2.05) is 25.1 Å². The number of hydrogen-bond acceptors (Lipinski definition) is 5. The van der Waals surface area contributed by atoms with E-state index in [0.717, 1.165) is 26.5 Å². The van der Waals surface area contributed by atoms with E-state index >= 15 is 0 Å². The highest BCUT2D eigenvalue weighted by Crippen LogP contribution is 2.35. The Morgan fingerprint density at radius 2 is 1.89 bits per heavy atom. The summed E-state index contributed by atoms with van der Waals surface area (Å²) in [5.74, 6) is 0. The number of benzene rings is 2. The third kappa shape index (κ3) is 3.58. The van der Waals surface area contributed by atoms with Gasteiger partial charge in [0.1, 0.15) is 20.3 Å². The number of rotatable bonds is 4. The zero-order valence-electron chi connectivity index (χ0n) is 14.5. The summed E-state index contributed by atoms with van der Waals surface area (Å²) in [7, 11) is -3.91. The molecule has 0 saturated heterocycles. The molecular formula is C19H13Cl2N3O2S2. The van der Waals surface area contributed by atoms with Gasteiger partial charge in [-0.3, -0.25) is 4.72 Å². The lowest BCUT2D eigenvalue weighted by molar-refractivity contribution is 0.601. The van der Waals surface area contributed by atoms with Gasteiger partial charge in [0, 0.05) is 16.8 Å². The molecule has 2 aromatic carbocycles. The highest BCUT2D eigenvalue weighted by molar-refractivity contribution is 7.92. The Balaban J connectivity index is 1.75. The van der Waals surface area contributed by atoms with Crippen molar-refractivity contribution in [1.82, 2.24) is 9.97 Å². The van der Waals surface area contributed by atoms with E-state index in [4.69, 9.17) is 23.2 Å². The van der Waals surface area contributed by atoms with Crippen molar-refractivity contribution < 1.29 is 8.42 Å². The van der Waals surface area contributed by atoms with Crippen LogP contribution in [-0.2, 0) is 10.0 Å². The van der Waals surface area contributed by atoms with E-state index in [0.29, 0.717) is 5.69 Å². The molecule has 0 saturated carbocycles. The lowest BCUT2D eigenvalue weighted by Gasteiger charge is -2.13. The van der Waals surface area contributed by atoms with E-state index in [9.17, 15) is 8.42 Å². The van der Waals surface area contributed by atoms with Crippen LogP contribution in [0.3, 0.4) is 0 Å². The van der Waals surface area contributed by atoms with Gasteiger partial charge in [0.2, 0.25) is 0 Å². The SMILES string of the molecule is Cc1c(NS(=O)(=O)c2cc(Cl)ccc2Cl)cccc1-c1nc2cccnc2s1. The second kappa shape index (κ2) is 7.33. The molecule has 9 heteroatoms. The molecule has 5 nitrogen and oxygen atoms in total. The lowest BCUT2D eigenvalue weighted by atomic mass is 10.1. The number of fused-ring (bicyclic) bond motifs is 1. The molecule has 0 bridgehead atoms. The minimum Gasteiger partial charge on any atom is -0.279 e. The number of halogens is 2. The van der Waals surface area contributed by atoms with Gasteiger partial charge < -0.3 is 0 Å². The number of hydrogen-bond donors (Lipinski definition) is 1. The molecule has 0 amide bonds. The van der Waals surface area contributed by atoms with Crippen molar-refractivity contribution in [3.63, 3.8) is 0 Å². The van der Waals surface area contributed by atoms with Crippen molar-refractivity contribution in [1.29, 1.82) is 0 Å². The van der Waals surface area contributed by atoms with Crippen molar-refractivity contribution in [2.45, 2.75) is 11.8 Å². The molecular weight excluding hydrogens is 437 g/mol. The van der Waals surface area contributed by atoms with Gasteiger partial charge in [0.05, 0.1) is 10.7 Å². The fourth-order valence-electron chi connectivity index (χ4n) is 2.75. The highest BCUT2D eigenvalue weighted by Gasteiger charge is 2.21. The van der Waals surface area contributed by atoms with Gasteiger partial charge in [-0.05, 0) is 48.9 Å². The maximum Gasteiger partial charge on any atom is 0.263 e. The van der Waals surface area contributed by atoms with Gasteiger partial charge in [0.15, 0.2) is 0 Å². The van der Waals surface area contributed by atoms with Crippen molar-refractivity contribution >= 4 is 60.6 Å². The normalized spacial score (nSPS) is 11.7. The first-order valence-corrected chi connectivity index (χ1v) is 11.2. The fraction of sp³-hybridized carbons (Fsp3) is 0.0526. The molecule has 0 radical (unpaired) electrons. The molecule has 0 spiro atoms. The molecule has 0 aliphatic heterocycles. The Hall–Kier alpha value is -2.19. The maximum atomic E-state index is 12.8. The van der Waals surface area contributed by atoms with Gasteiger partial charge in [-0.1, -0.05) is 46.7 Å². The summed E-state index contributed by atoms with van der Waals surface area (Å²) in [6.07, 6.45) is 1.72. The van der Waals surface area contributed by atoms with E-state index < -0.39 is 10.0 Å². The van der Waals surface area contributed by atoms with Crippen LogP contribution in [0.4, 0.5) is 5.69 Å². The molecule has 2 heterocycles. The Morgan fingerprint density at radius 1 is 1.07 bits per heavy atom. The number of nitrogens with zero attached hydrogens (tertiary/aromatic N) is 2. The second-order valence-electron chi connectivity index (χ2n) is 6.01. The van der Waals surface area contributed by atoms with Gasteiger partial charge >= 0.3 is 0 Å². The summed E-state index contributed by atoms with van der Waals surface area (Å²) >= 11 is 13.5. The van der Waals surface area contributed by atoms with E-state index in [1.54, 1.807) is 18.3 Å². The monoisotopic (exact) mass is 449 g/mol. The summed E-state index contributed by atoms with van der Waals surface area (Å²) in [5, 5.41) is 1.16. The molecule has 0 unspecified atom stereocenters. The molecule has 0 aliphatic rings. The van der Waals surface area contributed by atoms with Crippen molar-refractivity contribution in [3.8, 4) is 10.6 Å². The predicted octanol–water partition coefficient (Wildman–Crippen LogP) is 5.77. The number of pyridine rings is 1. The fourth-order valence-corrected chi connectivity index (χ4v) is 5.62. The first-order valence-electron chi connectivity index (χ1n) is 8.14. The quantitative estimate of drug-likeness (QED) is 0.428. The summed E-state index contributed by atoms with van der Waals surface area (Å²) in [4.78, 5) is 9.67. The van der Waals surface area contributed by atoms with Gasteiger partial charge in [-0.2, -0.15) is 0 Å². The zero-order chi connectivity index (χ0) is 19.9. The topological polar surface area (TPSA) is 72.0 Å². The van der Waals surface area contributed by atoms with Gasteiger partial charge in [-0.25, -0.2) is 18.4 Å². The van der Waals surface area contributed by atoms with Gasteiger partial charge in [-0.15, -0.1) is 0 Å². The van der Waals surface area contributed by atoms with Crippen LogP contribution in [0.2, 0.25) is 10.0 Å². The smallest absolute Gasteiger partial charge is 0.263 e. The van der Waals surface area contributed by atoms with Crippen LogP contribution in [-0.4, -0.2) is 18.4 Å². The average Bonchev–Trinajstić information content (AvgIpc) is 3.09. The predicted molar refractivity (Wildman–Crippen MR) is 115 cm³/mol. The second-order valence-corrected chi connectivity index (χ2v) is 9.48. The largest absolute Gasteiger partial charge is 0.279 e. The molecule has 0 fully saturated rings. The Morgan fingerprint density at radius 3 is 2.68 bits per heavy atom. The molecule has 28 heavy (non-hydrogen) atoms. The van der Waals surface area contributed by atoms with Crippen LogP contribution in [0.1, 0.15) is 5.56 Å². The number of aromatic nitrogens is 2. The zero-order valence-corrected chi connectivity index (χ0v) is 17.6. The van der Waals surface area contributed by atoms with E-state index in [-0.39, 0.29) is 14.9 Å². The molecule has 0 atom stereocenters. The minimum absolute atomic E-state index is 0.0735. The molecule has 0 aliphatic carbocycles. The Labute approximate surface area is 176 Å². The first-order chi connectivity index (χ1) is 13.3. The minimum atomic E-state index is -3.91. The third-order valence-electron chi connectivity index (χ3n) is 4.16.